The predicted octanol–water partition coefficient (Wildman–Crippen LogP) is 3.12. The molecule has 6 nitrogen and oxygen atoms in total. The van der Waals surface area contributed by atoms with Crippen molar-refractivity contribution in [3.05, 3.63) is 51.3 Å². The molecular weight excluding hydrogens is 421 g/mol. The number of morpholine rings is 1. The minimum absolute atomic E-state index is 0.0265. The van der Waals surface area contributed by atoms with E-state index in [1.807, 2.05) is 4.90 Å². The van der Waals surface area contributed by atoms with Gasteiger partial charge in [0.1, 0.15) is 5.82 Å². The first-order chi connectivity index (χ1) is 14.2. The summed E-state index contributed by atoms with van der Waals surface area (Å²) in [6.07, 6.45) is -4.25. The van der Waals surface area contributed by atoms with Gasteiger partial charge in [-0.1, -0.05) is 29.8 Å². The summed E-state index contributed by atoms with van der Waals surface area (Å²) in [5.41, 5.74) is -1.98. The Hall–Kier alpha value is -2.26. The molecule has 10 heteroatoms. The number of benzene rings is 1. The molecule has 0 saturated carbocycles. The maximum Gasteiger partial charge on any atom is 0.413 e. The van der Waals surface area contributed by atoms with Gasteiger partial charge in [-0.15, -0.1) is 0 Å². The summed E-state index contributed by atoms with van der Waals surface area (Å²) in [6, 6.07) is 8.36. The fourth-order valence-electron chi connectivity index (χ4n) is 3.93. The maximum absolute atomic E-state index is 14.1. The molecule has 0 amide bonds. The Balaban J connectivity index is 1.73. The third kappa shape index (κ3) is 3.65. The van der Waals surface area contributed by atoms with Crippen LogP contribution in [0.1, 0.15) is 12.5 Å². The fourth-order valence-corrected chi connectivity index (χ4v) is 4.16. The quantitative estimate of drug-likeness (QED) is 0.728. The molecule has 0 bridgehead atoms. The van der Waals surface area contributed by atoms with Crippen molar-refractivity contribution in [2.24, 2.45) is 0 Å². The second-order valence-electron chi connectivity index (χ2n) is 7.70. The van der Waals surface area contributed by atoms with E-state index in [1.165, 1.54) is 11.0 Å². The van der Waals surface area contributed by atoms with Crippen molar-refractivity contribution >= 4 is 23.4 Å². The number of nitrogens with zero attached hydrogens (tertiary/aromatic N) is 4. The van der Waals surface area contributed by atoms with Crippen molar-refractivity contribution < 1.29 is 17.9 Å². The first kappa shape index (κ1) is 21.0. The highest BCUT2D eigenvalue weighted by molar-refractivity contribution is 6.31. The Kier molecular flexibility index (Phi) is 5.44. The zero-order valence-corrected chi connectivity index (χ0v) is 17.2. The van der Waals surface area contributed by atoms with Gasteiger partial charge in [-0.25, -0.2) is 0 Å². The van der Waals surface area contributed by atoms with Gasteiger partial charge < -0.3 is 14.5 Å². The monoisotopic (exact) mass is 442 g/mol. The topological polar surface area (TPSA) is 50.6 Å². The lowest BCUT2D eigenvalue weighted by atomic mass is 10.00. The SMILES string of the molecule is CC1(C(F)(F)F)Cn2c(nc(N3CCOCC3)cc2=O)N1CCc1ccccc1Cl. The fraction of sp³-hybridized carbons (Fsp3) is 0.500. The average Bonchev–Trinajstić information content (AvgIpc) is 3.01. The van der Waals surface area contributed by atoms with Crippen LogP contribution in [0.15, 0.2) is 35.1 Å². The number of fused-ring (bicyclic) bond motifs is 1. The van der Waals surface area contributed by atoms with E-state index in [2.05, 4.69) is 4.98 Å². The summed E-state index contributed by atoms with van der Waals surface area (Å²) in [4.78, 5) is 20.3. The molecule has 1 aromatic heterocycles. The van der Waals surface area contributed by atoms with Gasteiger partial charge in [-0.05, 0) is 25.0 Å². The van der Waals surface area contributed by atoms with Crippen molar-refractivity contribution in [3.8, 4) is 0 Å². The van der Waals surface area contributed by atoms with Crippen molar-refractivity contribution in [1.29, 1.82) is 0 Å². The van der Waals surface area contributed by atoms with Gasteiger partial charge in [0.2, 0.25) is 5.95 Å². The Bertz CT molecular complexity index is 991. The molecule has 1 saturated heterocycles. The number of alkyl halides is 3. The summed E-state index contributed by atoms with van der Waals surface area (Å²) in [7, 11) is 0. The Morgan fingerprint density at radius 1 is 1.23 bits per heavy atom. The van der Waals surface area contributed by atoms with Crippen molar-refractivity contribution in [3.63, 3.8) is 0 Å². The van der Waals surface area contributed by atoms with Crippen LogP contribution < -0.4 is 15.4 Å². The molecule has 1 fully saturated rings. The van der Waals surface area contributed by atoms with Crippen LogP contribution in [0.25, 0.3) is 0 Å². The molecule has 0 radical (unpaired) electrons. The van der Waals surface area contributed by atoms with E-state index in [4.69, 9.17) is 16.3 Å². The molecule has 4 rings (SSSR count). The summed E-state index contributed by atoms with van der Waals surface area (Å²) < 4.78 is 48.8. The van der Waals surface area contributed by atoms with Gasteiger partial charge in [-0.2, -0.15) is 18.2 Å². The molecule has 0 N–H and O–H groups in total. The molecule has 2 aliphatic heterocycles. The second-order valence-corrected chi connectivity index (χ2v) is 8.11. The number of halogens is 4. The smallest absolute Gasteiger partial charge is 0.378 e. The van der Waals surface area contributed by atoms with Crippen LogP contribution in [0.5, 0.6) is 0 Å². The van der Waals surface area contributed by atoms with Crippen LogP contribution in [0.2, 0.25) is 5.02 Å². The van der Waals surface area contributed by atoms with Crippen LogP contribution in [0.4, 0.5) is 24.9 Å². The molecule has 0 aliphatic carbocycles. The minimum Gasteiger partial charge on any atom is -0.378 e. The van der Waals surface area contributed by atoms with E-state index in [0.717, 1.165) is 17.1 Å². The summed E-state index contributed by atoms with van der Waals surface area (Å²) in [6.45, 7) is 2.68. The average molecular weight is 443 g/mol. The summed E-state index contributed by atoms with van der Waals surface area (Å²) in [5, 5.41) is 0.498. The van der Waals surface area contributed by atoms with Gasteiger partial charge >= 0.3 is 6.18 Å². The lowest BCUT2D eigenvalue weighted by molar-refractivity contribution is -0.182. The van der Waals surface area contributed by atoms with Crippen molar-refractivity contribution in [2.45, 2.75) is 31.6 Å². The highest BCUT2D eigenvalue weighted by Crippen LogP contribution is 2.43. The molecule has 1 atom stereocenters. The largest absolute Gasteiger partial charge is 0.413 e. The lowest BCUT2D eigenvalue weighted by Crippen LogP contribution is -2.56. The molecule has 2 aliphatic rings. The molecular formula is C20H22ClF3N4O2. The van der Waals surface area contributed by atoms with Crippen LogP contribution in [0.3, 0.4) is 0 Å². The van der Waals surface area contributed by atoms with E-state index < -0.39 is 23.8 Å². The number of rotatable bonds is 4. The van der Waals surface area contributed by atoms with Crippen molar-refractivity contribution in [2.75, 3.05) is 42.6 Å². The molecule has 1 unspecified atom stereocenters. The van der Waals surface area contributed by atoms with Crippen LogP contribution >= 0.6 is 11.6 Å². The number of anilines is 2. The second kappa shape index (κ2) is 7.77. The number of hydrogen-bond acceptors (Lipinski definition) is 5. The van der Waals surface area contributed by atoms with Gasteiger partial charge in [-0.3, -0.25) is 9.36 Å². The number of hydrogen-bond donors (Lipinski definition) is 0. The van der Waals surface area contributed by atoms with E-state index >= 15 is 0 Å². The molecule has 1 aromatic carbocycles. The normalized spacial score (nSPS) is 21.8. The summed E-state index contributed by atoms with van der Waals surface area (Å²) >= 11 is 6.19. The van der Waals surface area contributed by atoms with Gasteiger partial charge in [0, 0.05) is 30.7 Å². The third-order valence-electron chi connectivity index (χ3n) is 5.79. The van der Waals surface area contributed by atoms with Crippen LogP contribution in [0, 0.1) is 0 Å². The first-order valence-corrected chi connectivity index (χ1v) is 10.1. The van der Waals surface area contributed by atoms with Crippen LogP contribution in [-0.2, 0) is 17.7 Å². The van der Waals surface area contributed by atoms with E-state index in [9.17, 15) is 18.0 Å². The van der Waals surface area contributed by atoms with Gasteiger partial charge in [0.15, 0.2) is 5.54 Å². The van der Waals surface area contributed by atoms with E-state index in [0.29, 0.717) is 43.6 Å². The lowest BCUT2D eigenvalue weighted by Gasteiger charge is -2.37. The highest BCUT2D eigenvalue weighted by Gasteiger charge is 2.59. The standard InChI is InChI=1S/C20H22ClF3N4O2/c1-19(20(22,23)24)13-27-17(29)12-16(26-8-10-30-11-9-26)25-18(27)28(19)7-6-14-4-2-3-5-15(14)21/h2-5,12H,6-11,13H2,1H3. The van der Waals surface area contributed by atoms with Gasteiger partial charge in [0.25, 0.3) is 5.56 Å². The van der Waals surface area contributed by atoms with E-state index in [1.54, 1.807) is 24.3 Å². The van der Waals surface area contributed by atoms with Crippen LogP contribution in [-0.4, -0.2) is 54.1 Å². The zero-order chi connectivity index (χ0) is 21.5. The number of aromatic nitrogens is 2. The van der Waals surface area contributed by atoms with Crippen molar-refractivity contribution in [1.82, 2.24) is 9.55 Å². The Morgan fingerprint density at radius 2 is 1.93 bits per heavy atom. The Labute approximate surface area is 176 Å². The molecule has 2 aromatic rings. The highest BCUT2D eigenvalue weighted by atomic mass is 35.5. The minimum atomic E-state index is -4.55. The van der Waals surface area contributed by atoms with Gasteiger partial charge in [0.05, 0.1) is 19.8 Å². The zero-order valence-electron chi connectivity index (χ0n) is 16.5. The molecule has 162 valence electrons. The summed E-state index contributed by atoms with van der Waals surface area (Å²) in [5.74, 6) is 0.416. The maximum atomic E-state index is 14.1. The molecule has 30 heavy (non-hydrogen) atoms. The molecule has 0 spiro atoms. The predicted molar refractivity (Wildman–Crippen MR) is 108 cm³/mol. The third-order valence-corrected chi connectivity index (χ3v) is 6.15. The first-order valence-electron chi connectivity index (χ1n) is 9.73. The number of ether oxygens (including phenoxy) is 1. The Morgan fingerprint density at radius 3 is 2.60 bits per heavy atom. The molecule has 3 heterocycles. The van der Waals surface area contributed by atoms with E-state index in [-0.39, 0.29) is 12.5 Å².